The van der Waals surface area contributed by atoms with E-state index in [0.29, 0.717) is 27.4 Å². The van der Waals surface area contributed by atoms with Crippen molar-refractivity contribution in [1.29, 1.82) is 0 Å². The summed E-state index contributed by atoms with van der Waals surface area (Å²) in [7, 11) is 0. The molecule has 0 saturated heterocycles. The molecule has 0 atom stereocenters. The molecule has 3 rings (SSSR count). The summed E-state index contributed by atoms with van der Waals surface area (Å²) in [5, 5.41) is 1.19. The molecule has 2 N–H and O–H groups in total. The van der Waals surface area contributed by atoms with Crippen LogP contribution in [0, 0.1) is 5.82 Å². The van der Waals surface area contributed by atoms with E-state index in [1.165, 1.54) is 6.07 Å². The van der Waals surface area contributed by atoms with Gasteiger partial charge in [0.1, 0.15) is 5.76 Å². The van der Waals surface area contributed by atoms with Crippen LogP contribution in [0.15, 0.2) is 46.9 Å². The number of hydrogen-bond acceptors (Lipinski definition) is 2. The molecule has 18 heavy (non-hydrogen) atoms. The van der Waals surface area contributed by atoms with Crippen LogP contribution >= 0.6 is 11.6 Å². The number of halogens is 2. The SMILES string of the molecule is Nc1ccc(-c2cc3cccc(F)c3o2)c(Cl)c1. The Kier molecular flexibility index (Phi) is 2.49. The van der Waals surface area contributed by atoms with Crippen LogP contribution in [0.2, 0.25) is 5.02 Å². The van der Waals surface area contributed by atoms with E-state index in [0.717, 1.165) is 0 Å². The van der Waals surface area contributed by atoms with Crippen LogP contribution in [-0.4, -0.2) is 0 Å². The maximum absolute atomic E-state index is 13.5. The Bertz CT molecular complexity index is 736. The third kappa shape index (κ3) is 1.73. The maximum atomic E-state index is 13.5. The molecule has 0 spiro atoms. The number of para-hydroxylation sites is 1. The largest absolute Gasteiger partial charge is 0.453 e. The van der Waals surface area contributed by atoms with Crippen molar-refractivity contribution in [3.8, 4) is 11.3 Å². The zero-order valence-electron chi connectivity index (χ0n) is 9.28. The summed E-state index contributed by atoms with van der Waals surface area (Å²) < 4.78 is 19.0. The monoisotopic (exact) mass is 261 g/mol. The minimum absolute atomic E-state index is 0.236. The highest BCUT2D eigenvalue weighted by Crippen LogP contribution is 2.34. The molecular weight excluding hydrogens is 253 g/mol. The van der Waals surface area contributed by atoms with Gasteiger partial charge in [0.2, 0.25) is 0 Å². The minimum atomic E-state index is -0.384. The van der Waals surface area contributed by atoms with Crippen molar-refractivity contribution in [3.63, 3.8) is 0 Å². The first kappa shape index (κ1) is 11.1. The highest BCUT2D eigenvalue weighted by molar-refractivity contribution is 6.33. The highest BCUT2D eigenvalue weighted by atomic mass is 35.5. The second kappa shape index (κ2) is 4.03. The number of furan rings is 1. The molecule has 1 heterocycles. The molecule has 0 bridgehead atoms. The van der Waals surface area contributed by atoms with Gasteiger partial charge in [-0.2, -0.15) is 0 Å². The first-order valence-corrected chi connectivity index (χ1v) is 5.76. The highest BCUT2D eigenvalue weighted by Gasteiger charge is 2.12. The fourth-order valence-electron chi connectivity index (χ4n) is 1.89. The molecular formula is C14H9ClFNO. The summed E-state index contributed by atoms with van der Waals surface area (Å²) in [5.41, 5.74) is 7.14. The Balaban J connectivity index is 2.23. The van der Waals surface area contributed by atoms with Gasteiger partial charge in [-0.25, -0.2) is 4.39 Å². The predicted octanol–water partition coefficient (Wildman–Crippen LogP) is 4.47. The topological polar surface area (TPSA) is 39.2 Å². The summed E-state index contributed by atoms with van der Waals surface area (Å²) in [4.78, 5) is 0. The van der Waals surface area contributed by atoms with Crippen molar-refractivity contribution in [2.45, 2.75) is 0 Å². The van der Waals surface area contributed by atoms with Gasteiger partial charge >= 0.3 is 0 Å². The number of benzene rings is 2. The molecule has 3 aromatic rings. The molecule has 0 fully saturated rings. The van der Waals surface area contributed by atoms with Gasteiger partial charge in [-0.05, 0) is 30.3 Å². The molecule has 0 aliphatic carbocycles. The average molecular weight is 262 g/mol. The van der Waals surface area contributed by atoms with Crippen molar-refractivity contribution in [2.24, 2.45) is 0 Å². The lowest BCUT2D eigenvalue weighted by Crippen LogP contribution is -1.84. The summed E-state index contributed by atoms with van der Waals surface area (Å²) in [5.74, 6) is 0.144. The Morgan fingerprint density at radius 3 is 2.67 bits per heavy atom. The standard InChI is InChI=1S/C14H9ClFNO/c15-11-7-9(17)4-5-10(11)13-6-8-2-1-3-12(16)14(8)18-13/h1-7H,17H2. The second-order valence-electron chi connectivity index (χ2n) is 4.01. The van der Waals surface area contributed by atoms with Crippen LogP contribution in [-0.2, 0) is 0 Å². The summed E-state index contributed by atoms with van der Waals surface area (Å²) in [6, 6.07) is 11.7. The van der Waals surface area contributed by atoms with Crippen LogP contribution in [0.3, 0.4) is 0 Å². The minimum Gasteiger partial charge on any atom is -0.453 e. The van der Waals surface area contributed by atoms with Crippen molar-refractivity contribution in [3.05, 3.63) is 53.3 Å². The summed E-state index contributed by atoms with van der Waals surface area (Å²) in [6.45, 7) is 0. The van der Waals surface area contributed by atoms with E-state index < -0.39 is 0 Å². The first-order chi connectivity index (χ1) is 8.65. The Labute approximate surface area is 108 Å². The molecule has 0 unspecified atom stereocenters. The molecule has 2 nitrogen and oxygen atoms in total. The van der Waals surface area contributed by atoms with E-state index in [2.05, 4.69) is 0 Å². The van der Waals surface area contributed by atoms with E-state index in [9.17, 15) is 4.39 Å². The Morgan fingerprint density at radius 1 is 1.11 bits per heavy atom. The number of hydrogen-bond donors (Lipinski definition) is 1. The number of nitrogens with two attached hydrogens (primary N) is 1. The molecule has 4 heteroatoms. The van der Waals surface area contributed by atoms with Crippen LogP contribution in [0.4, 0.5) is 10.1 Å². The lowest BCUT2D eigenvalue weighted by molar-refractivity contribution is 0.569. The van der Waals surface area contributed by atoms with E-state index in [4.69, 9.17) is 21.8 Å². The van der Waals surface area contributed by atoms with Gasteiger partial charge in [-0.15, -0.1) is 0 Å². The molecule has 0 aliphatic rings. The van der Waals surface area contributed by atoms with Crippen molar-refractivity contribution in [1.82, 2.24) is 0 Å². The second-order valence-corrected chi connectivity index (χ2v) is 4.42. The zero-order chi connectivity index (χ0) is 12.7. The number of rotatable bonds is 1. The lowest BCUT2D eigenvalue weighted by atomic mass is 10.1. The number of fused-ring (bicyclic) bond motifs is 1. The van der Waals surface area contributed by atoms with Crippen molar-refractivity contribution >= 4 is 28.3 Å². The lowest BCUT2D eigenvalue weighted by Gasteiger charge is -2.01. The summed E-state index contributed by atoms with van der Waals surface area (Å²) in [6.07, 6.45) is 0. The first-order valence-electron chi connectivity index (χ1n) is 5.38. The van der Waals surface area contributed by atoms with E-state index >= 15 is 0 Å². The molecule has 90 valence electrons. The fourth-order valence-corrected chi connectivity index (χ4v) is 2.17. The summed E-state index contributed by atoms with van der Waals surface area (Å²) >= 11 is 6.10. The van der Waals surface area contributed by atoms with Gasteiger partial charge in [0.15, 0.2) is 11.4 Å². The van der Waals surface area contributed by atoms with Crippen LogP contribution in [0.25, 0.3) is 22.3 Å². The fraction of sp³-hybridized carbons (Fsp3) is 0. The molecule has 2 aromatic carbocycles. The average Bonchev–Trinajstić information content (AvgIpc) is 2.74. The molecule has 0 radical (unpaired) electrons. The molecule has 0 saturated carbocycles. The van der Waals surface area contributed by atoms with Gasteiger partial charge in [-0.3, -0.25) is 0 Å². The van der Waals surface area contributed by atoms with Crippen LogP contribution in [0.5, 0.6) is 0 Å². The third-order valence-electron chi connectivity index (χ3n) is 2.75. The van der Waals surface area contributed by atoms with Gasteiger partial charge in [0.25, 0.3) is 0 Å². The van der Waals surface area contributed by atoms with Crippen LogP contribution < -0.4 is 5.73 Å². The van der Waals surface area contributed by atoms with E-state index in [1.54, 1.807) is 36.4 Å². The Hall–Kier alpha value is -2.00. The molecule has 0 aliphatic heterocycles. The van der Waals surface area contributed by atoms with Gasteiger partial charge < -0.3 is 10.2 Å². The van der Waals surface area contributed by atoms with Gasteiger partial charge in [0, 0.05) is 16.6 Å². The van der Waals surface area contributed by atoms with Crippen molar-refractivity contribution in [2.75, 3.05) is 5.73 Å². The molecule has 1 aromatic heterocycles. The Morgan fingerprint density at radius 2 is 1.94 bits per heavy atom. The molecule has 0 amide bonds. The van der Waals surface area contributed by atoms with Gasteiger partial charge in [0.05, 0.1) is 5.02 Å². The smallest absolute Gasteiger partial charge is 0.170 e. The van der Waals surface area contributed by atoms with Crippen LogP contribution in [0.1, 0.15) is 0 Å². The number of anilines is 1. The van der Waals surface area contributed by atoms with Crippen molar-refractivity contribution < 1.29 is 8.81 Å². The third-order valence-corrected chi connectivity index (χ3v) is 3.07. The zero-order valence-corrected chi connectivity index (χ0v) is 10.0. The van der Waals surface area contributed by atoms with E-state index in [1.807, 2.05) is 0 Å². The normalized spacial score (nSPS) is 11.0. The van der Waals surface area contributed by atoms with E-state index in [-0.39, 0.29) is 11.4 Å². The number of nitrogen functional groups attached to an aromatic ring is 1. The quantitative estimate of drug-likeness (QED) is 0.656. The predicted molar refractivity (Wildman–Crippen MR) is 71.0 cm³/mol. The van der Waals surface area contributed by atoms with Gasteiger partial charge in [-0.1, -0.05) is 23.7 Å². The maximum Gasteiger partial charge on any atom is 0.170 e.